The van der Waals surface area contributed by atoms with E-state index < -0.39 is 0 Å². The third-order valence-electron chi connectivity index (χ3n) is 3.68. The number of hydrogen-bond donors (Lipinski definition) is 0. The van der Waals surface area contributed by atoms with Crippen LogP contribution in [-0.4, -0.2) is 27.2 Å². The van der Waals surface area contributed by atoms with Crippen LogP contribution in [0.1, 0.15) is 18.2 Å². The van der Waals surface area contributed by atoms with Crippen molar-refractivity contribution in [3.8, 4) is 5.69 Å². The van der Waals surface area contributed by atoms with E-state index in [2.05, 4.69) is 0 Å². The van der Waals surface area contributed by atoms with Crippen LogP contribution in [0.15, 0.2) is 41.4 Å². The normalized spacial score (nSPS) is 16.7. The van der Waals surface area contributed by atoms with Crippen molar-refractivity contribution in [2.45, 2.75) is 13.8 Å². The van der Waals surface area contributed by atoms with Crippen LogP contribution in [0.3, 0.4) is 0 Å². The maximum absolute atomic E-state index is 12.2. The van der Waals surface area contributed by atoms with E-state index in [1.807, 2.05) is 48.0 Å². The molecule has 0 unspecified atom stereocenters. The van der Waals surface area contributed by atoms with Crippen molar-refractivity contribution >= 4 is 40.6 Å². The SMILES string of the molecule is CCN1C(=O)S/C(=C/c2cccn2-c2ccc(C)c(Cl)c2)C1=O. The van der Waals surface area contributed by atoms with Crippen LogP contribution >= 0.6 is 23.4 Å². The molecule has 0 spiro atoms. The summed E-state index contributed by atoms with van der Waals surface area (Å²) in [7, 11) is 0. The molecule has 1 saturated heterocycles. The summed E-state index contributed by atoms with van der Waals surface area (Å²) in [5.74, 6) is -0.239. The molecule has 1 aromatic carbocycles. The number of aromatic nitrogens is 1. The molecule has 4 nitrogen and oxygen atoms in total. The molecule has 1 fully saturated rings. The number of imide groups is 1. The highest BCUT2D eigenvalue weighted by molar-refractivity contribution is 8.18. The number of nitrogens with zero attached hydrogens (tertiary/aromatic N) is 2. The van der Waals surface area contributed by atoms with Gasteiger partial charge in [-0.15, -0.1) is 0 Å². The number of amides is 2. The molecule has 3 rings (SSSR count). The van der Waals surface area contributed by atoms with Gasteiger partial charge in [0, 0.05) is 29.1 Å². The largest absolute Gasteiger partial charge is 0.317 e. The fraction of sp³-hybridized carbons (Fsp3) is 0.176. The molecule has 0 bridgehead atoms. The van der Waals surface area contributed by atoms with E-state index in [4.69, 9.17) is 11.6 Å². The smallest absolute Gasteiger partial charge is 0.293 e. The zero-order valence-electron chi connectivity index (χ0n) is 12.7. The summed E-state index contributed by atoms with van der Waals surface area (Å²) in [6, 6.07) is 9.59. The van der Waals surface area contributed by atoms with E-state index in [1.165, 1.54) is 4.90 Å². The highest BCUT2D eigenvalue weighted by Crippen LogP contribution is 2.32. The molecule has 0 atom stereocenters. The van der Waals surface area contributed by atoms with Gasteiger partial charge in [-0.1, -0.05) is 17.7 Å². The van der Waals surface area contributed by atoms with Gasteiger partial charge in [0.15, 0.2) is 0 Å². The Morgan fingerprint density at radius 2 is 2.04 bits per heavy atom. The molecule has 0 N–H and O–H groups in total. The van der Waals surface area contributed by atoms with Gasteiger partial charge >= 0.3 is 0 Å². The Bertz CT molecular complexity index is 826. The zero-order valence-corrected chi connectivity index (χ0v) is 14.3. The summed E-state index contributed by atoms with van der Waals surface area (Å²) in [5, 5.41) is 0.466. The maximum Gasteiger partial charge on any atom is 0.293 e. The standard InChI is InChI=1S/C17H15ClN2O2S/c1-3-19-16(21)15(23-17(19)22)10-12-5-4-8-20(12)13-7-6-11(2)14(18)9-13/h4-10H,3H2,1-2H3/b15-10+. The van der Waals surface area contributed by atoms with Crippen molar-refractivity contribution in [2.75, 3.05) is 6.54 Å². The third-order valence-corrected chi connectivity index (χ3v) is 5.00. The van der Waals surface area contributed by atoms with Gasteiger partial charge in [0.2, 0.25) is 0 Å². The second kappa shape index (κ2) is 6.26. The van der Waals surface area contributed by atoms with E-state index in [1.54, 1.807) is 13.0 Å². The fourth-order valence-corrected chi connectivity index (χ4v) is 3.45. The van der Waals surface area contributed by atoms with Crippen molar-refractivity contribution in [2.24, 2.45) is 0 Å². The quantitative estimate of drug-likeness (QED) is 0.769. The Morgan fingerprint density at radius 3 is 2.70 bits per heavy atom. The molecule has 2 aromatic rings. The molecule has 0 radical (unpaired) electrons. The first-order valence-corrected chi connectivity index (χ1v) is 8.40. The monoisotopic (exact) mass is 346 g/mol. The molecule has 2 amide bonds. The van der Waals surface area contributed by atoms with Crippen molar-refractivity contribution < 1.29 is 9.59 Å². The van der Waals surface area contributed by atoms with Gasteiger partial charge in [-0.2, -0.15) is 0 Å². The van der Waals surface area contributed by atoms with Gasteiger partial charge in [-0.25, -0.2) is 0 Å². The molecule has 1 aliphatic heterocycles. The lowest BCUT2D eigenvalue weighted by atomic mass is 10.2. The molecule has 2 heterocycles. The first kappa shape index (κ1) is 15.9. The summed E-state index contributed by atoms with van der Waals surface area (Å²) in [5.41, 5.74) is 2.74. The van der Waals surface area contributed by atoms with Gasteiger partial charge in [0.05, 0.1) is 4.91 Å². The van der Waals surface area contributed by atoms with Crippen LogP contribution in [0.2, 0.25) is 5.02 Å². The highest BCUT2D eigenvalue weighted by atomic mass is 35.5. The van der Waals surface area contributed by atoms with Crippen LogP contribution in [0.25, 0.3) is 11.8 Å². The second-order valence-electron chi connectivity index (χ2n) is 5.16. The minimum absolute atomic E-state index is 0.222. The first-order valence-electron chi connectivity index (χ1n) is 7.20. The Kier molecular flexibility index (Phi) is 4.33. The van der Waals surface area contributed by atoms with Crippen LogP contribution in [0, 0.1) is 6.92 Å². The summed E-state index contributed by atoms with van der Waals surface area (Å²) in [4.78, 5) is 25.7. The van der Waals surface area contributed by atoms with E-state index in [0.29, 0.717) is 16.5 Å². The molecule has 23 heavy (non-hydrogen) atoms. The lowest BCUT2D eigenvalue weighted by Gasteiger charge is -2.09. The van der Waals surface area contributed by atoms with Crippen molar-refractivity contribution in [1.82, 2.24) is 9.47 Å². The second-order valence-corrected chi connectivity index (χ2v) is 6.56. The zero-order chi connectivity index (χ0) is 16.6. The summed E-state index contributed by atoms with van der Waals surface area (Å²) in [6.45, 7) is 4.12. The molecular weight excluding hydrogens is 332 g/mol. The van der Waals surface area contributed by atoms with Crippen LogP contribution in [-0.2, 0) is 4.79 Å². The molecule has 1 aliphatic rings. The number of benzene rings is 1. The average molecular weight is 347 g/mol. The predicted octanol–water partition coefficient (Wildman–Crippen LogP) is 4.50. The van der Waals surface area contributed by atoms with Crippen molar-refractivity contribution in [3.05, 3.63) is 57.7 Å². The topological polar surface area (TPSA) is 42.3 Å². The third kappa shape index (κ3) is 2.94. The molecule has 118 valence electrons. The Balaban J connectivity index is 1.99. The van der Waals surface area contributed by atoms with Crippen LogP contribution in [0.5, 0.6) is 0 Å². The van der Waals surface area contributed by atoms with E-state index in [9.17, 15) is 9.59 Å². The van der Waals surface area contributed by atoms with E-state index in [-0.39, 0.29) is 11.1 Å². The highest BCUT2D eigenvalue weighted by Gasteiger charge is 2.33. The number of carbonyl (C=O) groups excluding carboxylic acids is 2. The maximum atomic E-state index is 12.2. The van der Waals surface area contributed by atoms with E-state index in [0.717, 1.165) is 28.7 Å². The fourth-order valence-electron chi connectivity index (χ4n) is 2.39. The van der Waals surface area contributed by atoms with Crippen molar-refractivity contribution in [1.29, 1.82) is 0 Å². The number of rotatable bonds is 3. The summed E-state index contributed by atoms with van der Waals surface area (Å²) < 4.78 is 1.94. The first-order chi connectivity index (χ1) is 11.0. The van der Waals surface area contributed by atoms with Gasteiger partial charge in [0.1, 0.15) is 0 Å². The molecule has 1 aromatic heterocycles. The number of halogens is 1. The summed E-state index contributed by atoms with van der Waals surface area (Å²) >= 11 is 7.17. The minimum Gasteiger partial charge on any atom is -0.317 e. The Labute approximate surface area is 143 Å². The van der Waals surface area contributed by atoms with E-state index >= 15 is 0 Å². The average Bonchev–Trinajstić information content (AvgIpc) is 3.08. The predicted molar refractivity (Wildman–Crippen MR) is 93.9 cm³/mol. The molecule has 0 saturated carbocycles. The lowest BCUT2D eigenvalue weighted by Crippen LogP contribution is -2.27. The van der Waals surface area contributed by atoms with Crippen molar-refractivity contribution in [3.63, 3.8) is 0 Å². The van der Waals surface area contributed by atoms with Gasteiger partial charge in [-0.3, -0.25) is 14.5 Å². The van der Waals surface area contributed by atoms with Gasteiger partial charge < -0.3 is 4.57 Å². The van der Waals surface area contributed by atoms with Crippen LogP contribution in [0.4, 0.5) is 4.79 Å². The number of thioether (sulfide) groups is 1. The molecular formula is C17H15ClN2O2S. The minimum atomic E-state index is -0.239. The number of aryl methyl sites for hydroxylation is 1. The van der Waals surface area contributed by atoms with Gasteiger partial charge in [-0.05, 0) is 61.5 Å². The van der Waals surface area contributed by atoms with Gasteiger partial charge in [0.25, 0.3) is 11.1 Å². The number of hydrogen-bond acceptors (Lipinski definition) is 3. The number of carbonyl (C=O) groups is 2. The Morgan fingerprint density at radius 1 is 1.26 bits per heavy atom. The lowest BCUT2D eigenvalue weighted by molar-refractivity contribution is -0.122. The molecule has 0 aliphatic carbocycles. The molecule has 6 heteroatoms. The number of likely N-dealkylation sites (N-methyl/N-ethyl adjacent to an activating group) is 1. The Hall–Kier alpha value is -1.98. The summed E-state index contributed by atoms with van der Waals surface area (Å²) in [6.07, 6.45) is 3.64. The van der Waals surface area contributed by atoms with Crippen LogP contribution < -0.4 is 0 Å².